The molecule has 0 fully saturated rings. The lowest BCUT2D eigenvalue weighted by Crippen LogP contribution is -2.22. The molecular formula is C38H50N2O7. The van der Waals surface area contributed by atoms with E-state index < -0.39 is 23.8 Å². The Morgan fingerprint density at radius 2 is 1.28 bits per heavy atom. The lowest BCUT2D eigenvalue weighted by atomic mass is 10.0. The molecule has 3 rings (SSSR count). The van der Waals surface area contributed by atoms with Crippen molar-refractivity contribution in [1.82, 2.24) is 9.97 Å². The topological polar surface area (TPSA) is 114 Å². The van der Waals surface area contributed by atoms with Gasteiger partial charge in [0.1, 0.15) is 18.1 Å². The van der Waals surface area contributed by atoms with Gasteiger partial charge in [0, 0.05) is 5.56 Å². The molecule has 254 valence electrons. The zero-order valence-corrected chi connectivity index (χ0v) is 28.5. The summed E-state index contributed by atoms with van der Waals surface area (Å²) < 4.78 is 21.8. The van der Waals surface area contributed by atoms with Gasteiger partial charge >= 0.3 is 17.9 Å². The zero-order chi connectivity index (χ0) is 34.0. The van der Waals surface area contributed by atoms with Crippen LogP contribution in [0.2, 0.25) is 0 Å². The molecule has 47 heavy (non-hydrogen) atoms. The highest BCUT2D eigenvalue weighted by atomic mass is 16.6. The third-order valence-electron chi connectivity index (χ3n) is 7.56. The Bertz CT molecular complexity index is 1370. The number of rotatable bonds is 20. The minimum Gasteiger partial charge on any atom is -0.494 e. The monoisotopic (exact) mass is 646 g/mol. The summed E-state index contributed by atoms with van der Waals surface area (Å²) in [6.07, 6.45) is 12.4. The highest BCUT2D eigenvalue weighted by molar-refractivity contribution is 5.91. The molecule has 1 unspecified atom stereocenters. The summed E-state index contributed by atoms with van der Waals surface area (Å²) in [6, 6.07) is 13.6. The Hall–Kier alpha value is -4.27. The van der Waals surface area contributed by atoms with Crippen LogP contribution in [0.25, 0.3) is 11.3 Å². The van der Waals surface area contributed by atoms with Gasteiger partial charge in [-0.15, -0.1) is 0 Å². The number of nitrogens with zero attached hydrogens (tertiary/aromatic N) is 2. The van der Waals surface area contributed by atoms with Crippen LogP contribution in [0.4, 0.5) is 0 Å². The van der Waals surface area contributed by atoms with Crippen molar-refractivity contribution in [1.29, 1.82) is 0 Å². The van der Waals surface area contributed by atoms with Gasteiger partial charge in [0.25, 0.3) is 0 Å². The predicted octanol–water partition coefficient (Wildman–Crippen LogP) is 8.51. The van der Waals surface area contributed by atoms with E-state index in [4.69, 9.17) is 18.9 Å². The number of aromatic nitrogens is 2. The number of benzene rings is 2. The van der Waals surface area contributed by atoms with Crippen molar-refractivity contribution < 1.29 is 33.3 Å². The van der Waals surface area contributed by atoms with Crippen LogP contribution in [0.1, 0.15) is 107 Å². The standard InChI is InChI=1S/C38H50N2O7/c1-27(2)12-10-8-6-7-9-11-22-44-32-17-13-30(14-18-32)34-24-40-35(25-39-34)38(43)47-33-19-15-31(16-20-33)37(42)46-26-29(5)36(41)45-23-21-28(3)4/h13-20,24-25,27-29H,6-12,21-23,26H2,1-5H3. The van der Waals surface area contributed by atoms with Crippen molar-refractivity contribution in [3.05, 3.63) is 72.2 Å². The van der Waals surface area contributed by atoms with Gasteiger partial charge in [-0.2, -0.15) is 0 Å². The number of carbonyl (C=O) groups is 3. The van der Waals surface area contributed by atoms with E-state index in [9.17, 15) is 14.4 Å². The van der Waals surface area contributed by atoms with E-state index >= 15 is 0 Å². The van der Waals surface area contributed by atoms with E-state index in [1.54, 1.807) is 6.92 Å². The molecule has 0 spiro atoms. The molecule has 2 aromatic carbocycles. The molecule has 0 aliphatic carbocycles. The molecule has 0 radical (unpaired) electrons. The van der Waals surface area contributed by atoms with E-state index in [-0.39, 0.29) is 23.6 Å². The number of hydrogen-bond acceptors (Lipinski definition) is 9. The Labute approximate surface area is 279 Å². The average molecular weight is 647 g/mol. The first-order valence-corrected chi connectivity index (χ1v) is 16.8. The average Bonchev–Trinajstić information content (AvgIpc) is 3.06. The molecule has 0 bridgehead atoms. The second-order valence-corrected chi connectivity index (χ2v) is 12.7. The summed E-state index contributed by atoms with van der Waals surface area (Å²) in [6.45, 7) is 11.2. The number of carbonyl (C=O) groups excluding carboxylic acids is 3. The van der Waals surface area contributed by atoms with Gasteiger partial charge in [-0.1, -0.05) is 66.2 Å². The summed E-state index contributed by atoms with van der Waals surface area (Å²) >= 11 is 0. The smallest absolute Gasteiger partial charge is 0.363 e. The largest absolute Gasteiger partial charge is 0.494 e. The SMILES string of the molecule is CC(C)CCCCCCCCOc1ccc(-c2cnc(C(=O)Oc3ccc(C(=O)OCC(C)C(=O)OCCC(C)C)cc3)cn2)cc1. The van der Waals surface area contributed by atoms with E-state index in [1.165, 1.54) is 75.2 Å². The quantitative estimate of drug-likeness (QED) is 0.0677. The summed E-state index contributed by atoms with van der Waals surface area (Å²) in [7, 11) is 0. The van der Waals surface area contributed by atoms with E-state index in [0.29, 0.717) is 24.8 Å². The third-order valence-corrected chi connectivity index (χ3v) is 7.56. The van der Waals surface area contributed by atoms with Gasteiger partial charge in [-0.05, 0) is 80.1 Å². The Kier molecular flexibility index (Phi) is 15.9. The molecule has 1 aromatic heterocycles. The fourth-order valence-corrected chi connectivity index (χ4v) is 4.56. The summed E-state index contributed by atoms with van der Waals surface area (Å²) in [5.41, 5.74) is 1.78. The Morgan fingerprint density at radius 3 is 1.91 bits per heavy atom. The van der Waals surface area contributed by atoms with Crippen LogP contribution in [0.3, 0.4) is 0 Å². The van der Waals surface area contributed by atoms with Crippen molar-refractivity contribution in [3.63, 3.8) is 0 Å². The normalized spacial score (nSPS) is 11.7. The fraction of sp³-hybridized carbons (Fsp3) is 0.500. The zero-order valence-electron chi connectivity index (χ0n) is 28.5. The molecule has 0 aliphatic rings. The molecule has 9 nitrogen and oxygen atoms in total. The third kappa shape index (κ3) is 13.9. The Balaban J connectivity index is 1.39. The van der Waals surface area contributed by atoms with Crippen LogP contribution < -0.4 is 9.47 Å². The first-order chi connectivity index (χ1) is 22.6. The second-order valence-electron chi connectivity index (χ2n) is 12.7. The molecule has 0 aliphatic heterocycles. The van der Waals surface area contributed by atoms with Gasteiger partial charge in [-0.25, -0.2) is 14.6 Å². The van der Waals surface area contributed by atoms with Gasteiger partial charge in [0.15, 0.2) is 5.69 Å². The van der Waals surface area contributed by atoms with Crippen molar-refractivity contribution in [3.8, 4) is 22.8 Å². The molecule has 0 N–H and O–H groups in total. The molecule has 0 saturated carbocycles. The van der Waals surface area contributed by atoms with Crippen molar-refractivity contribution in [2.45, 2.75) is 86.0 Å². The first-order valence-electron chi connectivity index (χ1n) is 16.8. The van der Waals surface area contributed by atoms with Gasteiger partial charge < -0.3 is 18.9 Å². The predicted molar refractivity (Wildman–Crippen MR) is 181 cm³/mol. The number of hydrogen-bond donors (Lipinski definition) is 0. The highest BCUT2D eigenvalue weighted by Crippen LogP contribution is 2.21. The number of ether oxygens (including phenoxy) is 4. The molecular weight excluding hydrogens is 596 g/mol. The Morgan fingerprint density at radius 1 is 0.638 bits per heavy atom. The second kappa shape index (κ2) is 20.1. The van der Waals surface area contributed by atoms with Gasteiger partial charge in [-0.3, -0.25) is 9.78 Å². The number of esters is 3. The molecule has 9 heteroatoms. The van der Waals surface area contributed by atoms with Crippen LogP contribution in [0.5, 0.6) is 11.5 Å². The summed E-state index contributed by atoms with van der Waals surface area (Å²) in [5.74, 6) is 0.0173. The van der Waals surface area contributed by atoms with Gasteiger partial charge in [0.05, 0.1) is 42.8 Å². The molecule has 0 saturated heterocycles. The maximum absolute atomic E-state index is 12.6. The van der Waals surface area contributed by atoms with Crippen molar-refractivity contribution in [2.75, 3.05) is 19.8 Å². The minimum atomic E-state index is -0.677. The first kappa shape index (κ1) is 37.2. The molecule has 3 aromatic rings. The van der Waals surface area contributed by atoms with Crippen LogP contribution in [0, 0.1) is 17.8 Å². The van der Waals surface area contributed by atoms with Crippen LogP contribution in [-0.2, 0) is 14.3 Å². The van der Waals surface area contributed by atoms with Crippen LogP contribution in [-0.4, -0.2) is 47.7 Å². The maximum Gasteiger partial charge on any atom is 0.363 e. The van der Waals surface area contributed by atoms with Gasteiger partial charge in [0.2, 0.25) is 0 Å². The fourth-order valence-electron chi connectivity index (χ4n) is 4.56. The summed E-state index contributed by atoms with van der Waals surface area (Å²) in [5, 5.41) is 0. The maximum atomic E-state index is 12.6. The van der Waals surface area contributed by atoms with Crippen molar-refractivity contribution >= 4 is 17.9 Å². The molecule has 1 atom stereocenters. The molecule has 0 amide bonds. The molecule has 1 heterocycles. The number of unbranched alkanes of at least 4 members (excludes halogenated alkanes) is 5. The van der Waals surface area contributed by atoms with Crippen molar-refractivity contribution in [2.24, 2.45) is 17.8 Å². The van der Waals surface area contributed by atoms with E-state index in [0.717, 1.165) is 30.1 Å². The van der Waals surface area contributed by atoms with E-state index in [1.807, 2.05) is 38.1 Å². The highest BCUT2D eigenvalue weighted by Gasteiger charge is 2.18. The summed E-state index contributed by atoms with van der Waals surface area (Å²) in [4.78, 5) is 45.7. The van der Waals surface area contributed by atoms with Crippen LogP contribution in [0.15, 0.2) is 60.9 Å². The van der Waals surface area contributed by atoms with Crippen LogP contribution >= 0.6 is 0 Å². The lowest BCUT2D eigenvalue weighted by molar-refractivity contribution is -0.149. The minimum absolute atomic E-state index is 0.0476. The lowest BCUT2D eigenvalue weighted by Gasteiger charge is -2.13. The van der Waals surface area contributed by atoms with E-state index in [2.05, 4.69) is 23.8 Å².